The van der Waals surface area contributed by atoms with E-state index in [2.05, 4.69) is 11.4 Å². The molecule has 4 atom stereocenters. The molecule has 34 heavy (non-hydrogen) atoms. The van der Waals surface area contributed by atoms with Gasteiger partial charge in [0.15, 0.2) is 0 Å². The second-order valence-electron chi connectivity index (χ2n) is 10.2. The summed E-state index contributed by atoms with van der Waals surface area (Å²) in [7, 11) is 4.49. The molecule has 1 aliphatic carbocycles. The van der Waals surface area contributed by atoms with Crippen LogP contribution in [-0.4, -0.2) is 54.7 Å². The summed E-state index contributed by atoms with van der Waals surface area (Å²) in [6, 6.07) is 5.52. The average Bonchev–Trinajstić information content (AvgIpc) is 3.28. The second-order valence-corrected chi connectivity index (χ2v) is 11.6. The molecule has 4 rings (SSSR count). The molecule has 0 aromatic heterocycles. The van der Waals surface area contributed by atoms with E-state index in [9.17, 15) is 14.4 Å². The van der Waals surface area contributed by atoms with Crippen LogP contribution in [0.15, 0.2) is 23.1 Å². The van der Waals surface area contributed by atoms with Gasteiger partial charge in [-0.05, 0) is 42.9 Å². The number of ether oxygens (including phenoxy) is 2. The lowest BCUT2D eigenvalue weighted by Crippen LogP contribution is -2.56. The van der Waals surface area contributed by atoms with Crippen molar-refractivity contribution in [2.75, 3.05) is 21.3 Å². The van der Waals surface area contributed by atoms with Gasteiger partial charge in [0.2, 0.25) is 11.8 Å². The number of carbonyl (C=O) groups excluding carboxylic acids is 3. The standard InChI is InChI=1S/C26H36N2O5S/c1-15(2)14-26(25(31)33-5)21-20(23(29)28(3)24(21)30)22(27-26)16-11-12-19(18(13-16)32-4)34-17-9-7-6-8-10-17/h11-13,15,17,20-22,27H,6-10,14H2,1-5H3/t20-,21-,22-,26-/m1/s1. The Morgan fingerprint density at radius 2 is 1.88 bits per heavy atom. The van der Waals surface area contributed by atoms with Gasteiger partial charge < -0.3 is 9.47 Å². The molecule has 1 N–H and O–H groups in total. The molecule has 2 amide bonds. The van der Waals surface area contributed by atoms with Gasteiger partial charge >= 0.3 is 5.97 Å². The van der Waals surface area contributed by atoms with Crippen molar-refractivity contribution in [3.8, 4) is 5.75 Å². The lowest BCUT2D eigenvalue weighted by Gasteiger charge is -2.33. The van der Waals surface area contributed by atoms with Crippen LogP contribution in [0.1, 0.15) is 64.0 Å². The third-order valence-corrected chi connectivity index (χ3v) is 8.94. The predicted molar refractivity (Wildman–Crippen MR) is 131 cm³/mol. The van der Waals surface area contributed by atoms with Crippen LogP contribution >= 0.6 is 11.8 Å². The number of nitrogens with one attached hydrogen (secondary N) is 1. The number of fused-ring (bicyclic) bond motifs is 1. The molecule has 3 aliphatic rings. The van der Waals surface area contributed by atoms with Crippen LogP contribution in [0.25, 0.3) is 0 Å². The van der Waals surface area contributed by atoms with E-state index in [4.69, 9.17) is 9.47 Å². The molecule has 7 nitrogen and oxygen atoms in total. The Hall–Kier alpha value is -2.06. The maximum atomic E-state index is 13.2. The summed E-state index contributed by atoms with van der Waals surface area (Å²) in [5, 5.41) is 4.02. The molecule has 0 spiro atoms. The van der Waals surface area contributed by atoms with Crippen LogP contribution in [0.2, 0.25) is 0 Å². The van der Waals surface area contributed by atoms with Crippen LogP contribution < -0.4 is 10.1 Å². The summed E-state index contributed by atoms with van der Waals surface area (Å²) in [6.45, 7) is 4.00. The van der Waals surface area contributed by atoms with Gasteiger partial charge in [-0.15, -0.1) is 11.8 Å². The molecule has 1 saturated carbocycles. The Morgan fingerprint density at radius 3 is 2.50 bits per heavy atom. The normalized spacial score (nSPS) is 29.6. The highest BCUT2D eigenvalue weighted by Gasteiger charge is 2.68. The van der Waals surface area contributed by atoms with Crippen LogP contribution in [0.4, 0.5) is 0 Å². The summed E-state index contributed by atoms with van der Waals surface area (Å²) < 4.78 is 10.9. The monoisotopic (exact) mass is 488 g/mol. The van der Waals surface area contributed by atoms with Gasteiger partial charge in [0.25, 0.3) is 0 Å². The van der Waals surface area contributed by atoms with Crippen molar-refractivity contribution in [1.82, 2.24) is 10.2 Å². The lowest BCUT2D eigenvalue weighted by molar-refractivity contribution is -0.154. The zero-order chi connectivity index (χ0) is 24.6. The van der Waals surface area contributed by atoms with Crippen molar-refractivity contribution in [1.29, 1.82) is 0 Å². The molecule has 3 fully saturated rings. The number of imide groups is 1. The summed E-state index contributed by atoms with van der Waals surface area (Å²) in [6.07, 6.45) is 6.66. The van der Waals surface area contributed by atoms with E-state index < -0.39 is 29.4 Å². The zero-order valence-corrected chi connectivity index (χ0v) is 21.6. The Labute approximate surface area is 206 Å². The number of thioether (sulfide) groups is 1. The minimum Gasteiger partial charge on any atom is -0.496 e. The smallest absolute Gasteiger partial charge is 0.326 e. The highest BCUT2D eigenvalue weighted by molar-refractivity contribution is 8.00. The first-order valence-corrected chi connectivity index (χ1v) is 13.1. The first kappa shape index (κ1) is 25.0. The number of benzene rings is 1. The highest BCUT2D eigenvalue weighted by Crippen LogP contribution is 2.51. The second kappa shape index (κ2) is 9.90. The fraction of sp³-hybridized carbons (Fsp3) is 0.654. The highest BCUT2D eigenvalue weighted by atomic mass is 32.2. The molecule has 1 aromatic carbocycles. The molecule has 8 heteroatoms. The number of hydrogen-bond acceptors (Lipinski definition) is 7. The van der Waals surface area contributed by atoms with E-state index in [1.807, 2.05) is 37.7 Å². The van der Waals surface area contributed by atoms with Gasteiger partial charge in [0, 0.05) is 23.2 Å². The number of amides is 2. The van der Waals surface area contributed by atoms with Crippen molar-refractivity contribution in [3.63, 3.8) is 0 Å². The number of rotatable bonds is 7. The minimum atomic E-state index is -1.25. The summed E-state index contributed by atoms with van der Waals surface area (Å²) in [4.78, 5) is 41.9. The van der Waals surface area contributed by atoms with Gasteiger partial charge in [-0.1, -0.05) is 39.2 Å². The summed E-state index contributed by atoms with van der Waals surface area (Å²) >= 11 is 1.86. The van der Waals surface area contributed by atoms with Crippen LogP contribution in [0.3, 0.4) is 0 Å². The minimum absolute atomic E-state index is 0.114. The summed E-state index contributed by atoms with van der Waals surface area (Å²) in [5.41, 5.74) is -0.413. The zero-order valence-electron chi connectivity index (χ0n) is 20.8. The van der Waals surface area contributed by atoms with Crippen molar-refractivity contribution in [2.24, 2.45) is 17.8 Å². The predicted octanol–water partition coefficient (Wildman–Crippen LogP) is 3.95. The largest absolute Gasteiger partial charge is 0.496 e. The van der Waals surface area contributed by atoms with E-state index in [1.54, 1.807) is 7.11 Å². The van der Waals surface area contributed by atoms with E-state index in [1.165, 1.54) is 51.2 Å². The van der Waals surface area contributed by atoms with E-state index in [0.29, 0.717) is 11.7 Å². The molecule has 0 bridgehead atoms. The number of methoxy groups -OCH3 is 2. The number of esters is 1. The summed E-state index contributed by atoms with van der Waals surface area (Å²) in [5.74, 6) is -1.68. The van der Waals surface area contributed by atoms with Crippen LogP contribution in [0, 0.1) is 17.8 Å². The molecule has 2 heterocycles. The van der Waals surface area contributed by atoms with Crippen molar-refractivity contribution >= 4 is 29.5 Å². The Kier molecular flexibility index (Phi) is 7.29. The lowest BCUT2D eigenvalue weighted by atomic mass is 9.75. The van der Waals surface area contributed by atoms with Gasteiger partial charge in [0.05, 0.1) is 26.1 Å². The fourth-order valence-corrected chi connectivity index (χ4v) is 7.39. The topological polar surface area (TPSA) is 84.9 Å². The van der Waals surface area contributed by atoms with Gasteiger partial charge in [0.1, 0.15) is 11.3 Å². The molecule has 2 aliphatic heterocycles. The van der Waals surface area contributed by atoms with Gasteiger partial charge in [-0.3, -0.25) is 24.6 Å². The number of carbonyl (C=O) groups is 3. The first-order chi connectivity index (χ1) is 16.2. The molecule has 0 radical (unpaired) electrons. The van der Waals surface area contributed by atoms with E-state index >= 15 is 0 Å². The van der Waals surface area contributed by atoms with E-state index in [-0.39, 0.29) is 17.7 Å². The molecule has 2 saturated heterocycles. The molecule has 0 unspecified atom stereocenters. The number of hydrogen-bond donors (Lipinski definition) is 1. The van der Waals surface area contributed by atoms with Crippen molar-refractivity contribution in [2.45, 2.75) is 74.1 Å². The fourth-order valence-electron chi connectivity index (χ4n) is 6.06. The number of nitrogens with zero attached hydrogens (tertiary/aromatic N) is 1. The Bertz CT molecular complexity index is 961. The Morgan fingerprint density at radius 1 is 1.18 bits per heavy atom. The SMILES string of the molecule is COC(=O)[C@]1(CC(C)C)N[C@H](c2ccc(SC3CCCCC3)c(OC)c2)[C@@H]2C(=O)N(C)C(=O)[C@@H]21. The molecular formula is C26H36N2O5S. The first-order valence-electron chi connectivity index (χ1n) is 12.3. The molecule has 1 aromatic rings. The molecule has 186 valence electrons. The maximum absolute atomic E-state index is 13.2. The van der Waals surface area contributed by atoms with Gasteiger partial charge in [-0.25, -0.2) is 0 Å². The van der Waals surface area contributed by atoms with Crippen molar-refractivity contribution in [3.05, 3.63) is 23.8 Å². The molecular weight excluding hydrogens is 452 g/mol. The average molecular weight is 489 g/mol. The van der Waals surface area contributed by atoms with E-state index in [0.717, 1.165) is 16.2 Å². The third-order valence-electron chi connectivity index (χ3n) is 7.55. The van der Waals surface area contributed by atoms with Crippen LogP contribution in [0.5, 0.6) is 5.75 Å². The number of likely N-dealkylation sites (tertiary alicyclic amines) is 1. The van der Waals surface area contributed by atoms with Crippen LogP contribution in [-0.2, 0) is 19.1 Å². The maximum Gasteiger partial charge on any atom is 0.326 e. The van der Waals surface area contributed by atoms with Crippen molar-refractivity contribution < 1.29 is 23.9 Å². The van der Waals surface area contributed by atoms with Gasteiger partial charge in [-0.2, -0.15) is 0 Å². The third kappa shape index (κ3) is 4.24. The quantitative estimate of drug-likeness (QED) is 0.459. The Balaban J connectivity index is 1.72.